The Morgan fingerprint density at radius 1 is 1.10 bits per heavy atom. The van der Waals surface area contributed by atoms with Crippen molar-refractivity contribution in [2.24, 2.45) is 5.73 Å². The van der Waals surface area contributed by atoms with Crippen molar-refractivity contribution in [3.63, 3.8) is 0 Å². The number of benzene rings is 2. The van der Waals surface area contributed by atoms with Crippen molar-refractivity contribution in [1.82, 2.24) is 0 Å². The second-order valence-electron chi connectivity index (χ2n) is 4.75. The second-order valence-corrected chi connectivity index (χ2v) is 5.60. The second kappa shape index (κ2) is 6.91. The molecule has 3 nitrogen and oxygen atoms in total. The van der Waals surface area contributed by atoms with Crippen LogP contribution in [-0.2, 0) is 0 Å². The molecule has 0 aliphatic carbocycles. The van der Waals surface area contributed by atoms with Crippen LogP contribution in [0.2, 0.25) is 0 Å². The van der Waals surface area contributed by atoms with E-state index in [1.54, 1.807) is 19.2 Å². The zero-order chi connectivity index (χ0) is 15.4. The lowest BCUT2D eigenvalue weighted by molar-refractivity contribution is 0.179. The number of halogens is 2. The van der Waals surface area contributed by atoms with Crippen molar-refractivity contribution in [1.29, 1.82) is 0 Å². The number of rotatable bonds is 5. The molecular weight excluding hydrogens is 337 g/mol. The van der Waals surface area contributed by atoms with Crippen molar-refractivity contribution in [3.8, 4) is 11.5 Å². The highest BCUT2D eigenvalue weighted by Gasteiger charge is 2.19. The largest absolute Gasteiger partial charge is 0.497 e. The van der Waals surface area contributed by atoms with E-state index < -0.39 is 0 Å². The van der Waals surface area contributed by atoms with Gasteiger partial charge in [0.15, 0.2) is 0 Å². The fraction of sp³-hybridized carbons (Fsp3) is 0.250. The summed E-state index contributed by atoms with van der Waals surface area (Å²) >= 11 is 3.12. The van der Waals surface area contributed by atoms with Crippen LogP contribution in [0.4, 0.5) is 4.39 Å². The number of methoxy groups -OCH3 is 1. The Morgan fingerprint density at radius 2 is 1.71 bits per heavy atom. The lowest BCUT2D eigenvalue weighted by atomic mass is 10.0. The van der Waals surface area contributed by atoms with Gasteiger partial charge in [-0.1, -0.05) is 12.1 Å². The van der Waals surface area contributed by atoms with E-state index in [-0.39, 0.29) is 18.0 Å². The van der Waals surface area contributed by atoms with Gasteiger partial charge in [0.2, 0.25) is 0 Å². The van der Waals surface area contributed by atoms with E-state index in [4.69, 9.17) is 15.2 Å². The molecule has 2 aromatic rings. The van der Waals surface area contributed by atoms with Crippen LogP contribution in [0.1, 0.15) is 18.6 Å². The van der Waals surface area contributed by atoms with Gasteiger partial charge in [0.1, 0.15) is 23.4 Å². The third-order valence-electron chi connectivity index (χ3n) is 3.08. The molecule has 0 heterocycles. The molecule has 0 spiro atoms. The van der Waals surface area contributed by atoms with Gasteiger partial charge in [0, 0.05) is 12.1 Å². The monoisotopic (exact) mass is 353 g/mol. The summed E-state index contributed by atoms with van der Waals surface area (Å²) in [4.78, 5) is 0. The maximum atomic E-state index is 13.6. The zero-order valence-corrected chi connectivity index (χ0v) is 13.4. The maximum absolute atomic E-state index is 13.6. The molecule has 21 heavy (non-hydrogen) atoms. The van der Waals surface area contributed by atoms with E-state index >= 15 is 0 Å². The summed E-state index contributed by atoms with van der Waals surface area (Å²) in [7, 11) is 1.61. The van der Waals surface area contributed by atoms with E-state index in [2.05, 4.69) is 15.9 Å². The summed E-state index contributed by atoms with van der Waals surface area (Å²) < 4.78 is 24.9. The number of nitrogens with two attached hydrogens (primary N) is 1. The Hall–Kier alpha value is -1.59. The summed E-state index contributed by atoms with van der Waals surface area (Å²) in [5.41, 5.74) is 6.91. The van der Waals surface area contributed by atoms with E-state index in [1.165, 1.54) is 6.07 Å². The van der Waals surface area contributed by atoms with Crippen LogP contribution >= 0.6 is 15.9 Å². The average molecular weight is 354 g/mol. The normalized spacial score (nSPS) is 13.6. The van der Waals surface area contributed by atoms with Crippen LogP contribution in [0.5, 0.6) is 11.5 Å². The summed E-state index contributed by atoms with van der Waals surface area (Å²) in [5.74, 6) is 0.830. The molecule has 2 unspecified atom stereocenters. The Balaban J connectivity index is 2.23. The quantitative estimate of drug-likeness (QED) is 0.881. The van der Waals surface area contributed by atoms with Gasteiger partial charge in [-0.05, 0) is 52.7 Å². The van der Waals surface area contributed by atoms with Crippen LogP contribution in [-0.4, -0.2) is 13.2 Å². The van der Waals surface area contributed by atoms with Gasteiger partial charge in [-0.25, -0.2) is 4.39 Å². The fourth-order valence-electron chi connectivity index (χ4n) is 1.97. The van der Waals surface area contributed by atoms with Crippen LogP contribution in [0.25, 0.3) is 0 Å². The molecule has 0 aromatic heterocycles. The molecule has 0 saturated carbocycles. The van der Waals surface area contributed by atoms with Crippen molar-refractivity contribution in [3.05, 3.63) is 58.3 Å². The molecule has 2 N–H and O–H groups in total. The van der Waals surface area contributed by atoms with Crippen LogP contribution < -0.4 is 15.2 Å². The maximum Gasteiger partial charge on any atom is 0.141 e. The molecule has 2 aromatic carbocycles. The van der Waals surface area contributed by atoms with E-state index in [9.17, 15) is 4.39 Å². The smallest absolute Gasteiger partial charge is 0.141 e. The van der Waals surface area contributed by atoms with Crippen LogP contribution in [0, 0.1) is 5.82 Å². The van der Waals surface area contributed by atoms with Gasteiger partial charge in [-0.15, -0.1) is 0 Å². The molecule has 0 bridgehead atoms. The van der Waals surface area contributed by atoms with Gasteiger partial charge in [-0.2, -0.15) is 0 Å². The van der Waals surface area contributed by atoms with Gasteiger partial charge < -0.3 is 15.2 Å². The first-order valence-corrected chi connectivity index (χ1v) is 7.32. The number of ether oxygens (including phenoxy) is 2. The average Bonchev–Trinajstić information content (AvgIpc) is 2.48. The number of hydrogen-bond acceptors (Lipinski definition) is 3. The Kier molecular flexibility index (Phi) is 5.20. The molecule has 0 saturated heterocycles. The first kappa shape index (κ1) is 15.8. The molecule has 0 radical (unpaired) electrons. The SMILES string of the molecule is COc1ccc(C(Oc2ccc(Br)c(F)c2)C(C)N)cc1. The molecular formula is C16H17BrFNO2. The summed E-state index contributed by atoms with van der Waals surface area (Å²) in [6.45, 7) is 1.85. The third kappa shape index (κ3) is 3.95. The molecule has 2 atom stereocenters. The van der Waals surface area contributed by atoms with Crippen molar-refractivity contribution in [2.45, 2.75) is 19.1 Å². The Bertz CT molecular complexity index is 602. The summed E-state index contributed by atoms with van der Waals surface area (Å²) in [6, 6.07) is 11.9. The third-order valence-corrected chi connectivity index (χ3v) is 3.72. The van der Waals surface area contributed by atoms with Crippen molar-refractivity contribution >= 4 is 15.9 Å². The summed E-state index contributed by atoms with van der Waals surface area (Å²) in [6.07, 6.45) is -0.364. The zero-order valence-electron chi connectivity index (χ0n) is 11.8. The first-order valence-electron chi connectivity index (χ1n) is 6.52. The predicted molar refractivity (Wildman–Crippen MR) is 84.1 cm³/mol. The van der Waals surface area contributed by atoms with Gasteiger partial charge >= 0.3 is 0 Å². The minimum Gasteiger partial charge on any atom is -0.497 e. The van der Waals surface area contributed by atoms with Gasteiger partial charge in [-0.3, -0.25) is 0 Å². The molecule has 5 heteroatoms. The van der Waals surface area contributed by atoms with Gasteiger partial charge in [0.05, 0.1) is 11.6 Å². The van der Waals surface area contributed by atoms with E-state index in [0.29, 0.717) is 10.2 Å². The highest BCUT2D eigenvalue weighted by molar-refractivity contribution is 9.10. The highest BCUT2D eigenvalue weighted by Crippen LogP contribution is 2.28. The van der Waals surface area contributed by atoms with Crippen molar-refractivity contribution < 1.29 is 13.9 Å². The van der Waals surface area contributed by atoms with Crippen LogP contribution in [0.15, 0.2) is 46.9 Å². The standard InChI is InChI=1S/C16H17BrFNO2/c1-10(19)16(11-3-5-12(20-2)6-4-11)21-13-7-8-14(17)15(18)9-13/h3-10,16H,19H2,1-2H3. The molecule has 2 rings (SSSR count). The van der Waals surface area contributed by atoms with E-state index in [1.807, 2.05) is 31.2 Å². The lowest BCUT2D eigenvalue weighted by Crippen LogP contribution is -2.29. The summed E-state index contributed by atoms with van der Waals surface area (Å²) in [5, 5.41) is 0. The minimum absolute atomic E-state index is 0.245. The lowest BCUT2D eigenvalue weighted by Gasteiger charge is -2.23. The van der Waals surface area contributed by atoms with Gasteiger partial charge in [0.25, 0.3) is 0 Å². The fourth-order valence-corrected chi connectivity index (χ4v) is 2.22. The molecule has 0 amide bonds. The first-order chi connectivity index (χ1) is 10.0. The molecule has 0 aliphatic heterocycles. The Morgan fingerprint density at radius 3 is 2.24 bits per heavy atom. The molecule has 0 fully saturated rings. The minimum atomic E-state index is -0.370. The molecule has 0 aliphatic rings. The van der Waals surface area contributed by atoms with Crippen LogP contribution in [0.3, 0.4) is 0 Å². The predicted octanol–water partition coefficient (Wildman–Crippen LogP) is 4.06. The molecule has 112 valence electrons. The number of hydrogen-bond donors (Lipinski definition) is 1. The topological polar surface area (TPSA) is 44.5 Å². The highest BCUT2D eigenvalue weighted by atomic mass is 79.9. The van der Waals surface area contributed by atoms with E-state index in [0.717, 1.165) is 11.3 Å². The Labute approximate surface area is 132 Å². The van der Waals surface area contributed by atoms with Crippen molar-refractivity contribution in [2.75, 3.05) is 7.11 Å².